The number of aromatic nitrogens is 4. The summed E-state index contributed by atoms with van der Waals surface area (Å²) in [5.41, 5.74) is 3.59. The van der Waals surface area contributed by atoms with Crippen LogP contribution in [0.1, 0.15) is 28.3 Å². The Hall–Kier alpha value is -4.22. The molecule has 0 radical (unpaired) electrons. The highest BCUT2D eigenvalue weighted by atomic mass is 35.5. The molecule has 0 unspecified atom stereocenters. The van der Waals surface area contributed by atoms with Crippen LogP contribution in [0.25, 0.3) is 27.2 Å². The molecule has 0 bridgehead atoms. The molecule has 5 aromatic rings. The van der Waals surface area contributed by atoms with Gasteiger partial charge in [-0.3, -0.25) is 19.4 Å². The topological polar surface area (TPSA) is 125 Å². The van der Waals surface area contributed by atoms with E-state index in [1.165, 1.54) is 12.1 Å². The zero-order valence-electron chi connectivity index (χ0n) is 19.0. The largest absolute Gasteiger partial charge is 0.484 e. The van der Waals surface area contributed by atoms with Gasteiger partial charge in [0.05, 0.1) is 22.2 Å². The van der Waals surface area contributed by atoms with Crippen molar-refractivity contribution < 1.29 is 19.6 Å². The average Bonchev–Trinajstić information content (AvgIpc) is 3.56. The molecule has 1 N–H and O–H groups in total. The van der Waals surface area contributed by atoms with E-state index in [1.807, 2.05) is 31.4 Å². The number of rotatable bonds is 7. The molecule has 10 nitrogen and oxygen atoms in total. The number of hydrogen-bond acceptors (Lipinski definition) is 7. The number of carboxylic acid groups (broad SMARTS) is 1. The summed E-state index contributed by atoms with van der Waals surface area (Å²) in [6, 6.07) is 11.8. The van der Waals surface area contributed by atoms with Crippen LogP contribution < -0.4 is 4.74 Å². The van der Waals surface area contributed by atoms with Crippen LogP contribution in [-0.2, 0) is 7.05 Å². The van der Waals surface area contributed by atoms with E-state index in [0.29, 0.717) is 10.6 Å². The van der Waals surface area contributed by atoms with Gasteiger partial charge in [-0.15, -0.1) is 11.3 Å². The molecule has 0 amide bonds. The van der Waals surface area contributed by atoms with Crippen LogP contribution in [0.3, 0.4) is 0 Å². The molecule has 2 aromatic carbocycles. The molecule has 0 spiro atoms. The minimum absolute atomic E-state index is 0.00719. The first-order valence-electron chi connectivity index (χ1n) is 10.7. The quantitative estimate of drug-likeness (QED) is 0.208. The van der Waals surface area contributed by atoms with E-state index in [2.05, 4.69) is 10.1 Å². The summed E-state index contributed by atoms with van der Waals surface area (Å²) in [7, 11) is 1.85. The Kier molecular flexibility index (Phi) is 5.94. The minimum atomic E-state index is -1.15. The zero-order valence-corrected chi connectivity index (χ0v) is 20.5. The molecule has 0 aliphatic carbocycles. The van der Waals surface area contributed by atoms with Crippen molar-refractivity contribution in [2.45, 2.75) is 13.0 Å². The Bertz CT molecular complexity index is 1640. The lowest BCUT2D eigenvalue weighted by molar-refractivity contribution is -0.384. The molecule has 3 aromatic heterocycles. The van der Waals surface area contributed by atoms with Gasteiger partial charge in [-0.2, -0.15) is 5.10 Å². The lowest BCUT2D eigenvalue weighted by Crippen LogP contribution is -2.07. The number of carboxylic acids is 1. The molecular weight excluding hydrogens is 506 g/mol. The fourth-order valence-electron chi connectivity index (χ4n) is 3.90. The van der Waals surface area contributed by atoms with Crippen LogP contribution in [0.5, 0.6) is 5.75 Å². The molecule has 0 aliphatic heterocycles. The number of aromatic carboxylic acids is 1. The van der Waals surface area contributed by atoms with E-state index in [-0.39, 0.29) is 21.3 Å². The van der Waals surface area contributed by atoms with Gasteiger partial charge in [-0.1, -0.05) is 29.8 Å². The highest BCUT2D eigenvalue weighted by Gasteiger charge is 2.24. The van der Waals surface area contributed by atoms with Crippen LogP contribution in [-0.4, -0.2) is 35.3 Å². The van der Waals surface area contributed by atoms with Crippen molar-refractivity contribution in [3.63, 3.8) is 0 Å². The third kappa shape index (κ3) is 4.18. The normalized spacial score (nSPS) is 12.1. The van der Waals surface area contributed by atoms with Crippen LogP contribution in [0.4, 0.5) is 5.69 Å². The molecule has 0 aliphatic rings. The number of aryl methyl sites for hydroxylation is 1. The molecule has 0 saturated carbocycles. The first-order chi connectivity index (χ1) is 17.2. The second-order valence-corrected chi connectivity index (χ2v) is 9.41. The summed E-state index contributed by atoms with van der Waals surface area (Å²) in [6.45, 7) is 1.65. The van der Waals surface area contributed by atoms with Gasteiger partial charge in [0.15, 0.2) is 4.88 Å². The van der Waals surface area contributed by atoms with Crippen LogP contribution in [0, 0.1) is 10.1 Å². The number of imidazole rings is 1. The van der Waals surface area contributed by atoms with Gasteiger partial charge >= 0.3 is 5.97 Å². The van der Waals surface area contributed by atoms with E-state index in [9.17, 15) is 20.0 Å². The van der Waals surface area contributed by atoms with Gasteiger partial charge in [0.25, 0.3) is 5.69 Å². The first-order valence-corrected chi connectivity index (χ1v) is 11.9. The molecule has 36 heavy (non-hydrogen) atoms. The lowest BCUT2D eigenvalue weighted by Gasteiger charge is -2.16. The van der Waals surface area contributed by atoms with Crippen molar-refractivity contribution in [3.8, 4) is 21.9 Å². The van der Waals surface area contributed by atoms with E-state index in [0.717, 1.165) is 33.5 Å². The summed E-state index contributed by atoms with van der Waals surface area (Å²) < 4.78 is 9.47. The van der Waals surface area contributed by atoms with Gasteiger partial charge in [0.2, 0.25) is 0 Å². The Morgan fingerprint density at radius 1 is 1.25 bits per heavy atom. The van der Waals surface area contributed by atoms with Gasteiger partial charge in [-0.05, 0) is 24.6 Å². The summed E-state index contributed by atoms with van der Waals surface area (Å²) in [4.78, 5) is 27.1. The van der Waals surface area contributed by atoms with Crippen LogP contribution >= 0.6 is 22.9 Å². The van der Waals surface area contributed by atoms with E-state index >= 15 is 0 Å². The Morgan fingerprint density at radius 3 is 2.75 bits per heavy atom. The molecule has 3 heterocycles. The lowest BCUT2D eigenvalue weighted by atomic mass is 10.1. The number of ether oxygens (including phenoxy) is 1. The molecule has 12 heteroatoms. The highest BCUT2D eigenvalue weighted by molar-refractivity contribution is 7.16. The standard InChI is InChI=1S/C24H18ClN5O5S/c1-13(16-4-3-5-19(22(16)25)30(33)34)35-20-9-21(36-23(20)24(31)32)29-12-26-17-8-14(6-7-18(17)29)15-10-27-28(2)11-15/h3-13H,1-2H3,(H,31,32)/t13-/m1/s1. The number of fused-ring (bicyclic) bond motifs is 1. The number of thiophene rings is 1. The van der Waals surface area contributed by atoms with Gasteiger partial charge in [0.1, 0.15) is 28.2 Å². The van der Waals surface area contributed by atoms with E-state index in [4.69, 9.17) is 16.3 Å². The van der Waals surface area contributed by atoms with Crippen molar-refractivity contribution in [1.29, 1.82) is 0 Å². The zero-order chi connectivity index (χ0) is 25.6. The molecule has 182 valence electrons. The predicted octanol–water partition coefficient (Wildman–Crippen LogP) is 5.89. The Morgan fingerprint density at radius 2 is 2.06 bits per heavy atom. The maximum atomic E-state index is 12.0. The SMILES string of the molecule is C[C@@H](Oc1cc(-n2cnc3cc(-c4cnn(C)c4)ccc32)sc1C(=O)O)c1cccc([N+](=O)[O-])c1Cl. The highest BCUT2D eigenvalue weighted by Crippen LogP contribution is 2.39. The maximum absolute atomic E-state index is 12.0. The molecule has 0 fully saturated rings. The van der Waals surface area contributed by atoms with Gasteiger partial charge in [-0.25, -0.2) is 9.78 Å². The number of hydrogen-bond donors (Lipinski definition) is 1. The van der Waals surface area contributed by atoms with Crippen molar-refractivity contribution in [2.24, 2.45) is 7.05 Å². The van der Waals surface area contributed by atoms with Crippen LogP contribution in [0.15, 0.2) is 61.2 Å². The number of nitro benzene ring substituents is 1. The first kappa shape index (κ1) is 23.5. The number of carbonyl (C=O) groups is 1. The van der Waals surface area contributed by atoms with Crippen molar-refractivity contribution >= 4 is 45.6 Å². The summed E-state index contributed by atoms with van der Waals surface area (Å²) >= 11 is 7.26. The van der Waals surface area contributed by atoms with Crippen molar-refractivity contribution in [1.82, 2.24) is 19.3 Å². The monoisotopic (exact) mass is 523 g/mol. The summed E-state index contributed by atoms with van der Waals surface area (Å²) in [5.74, 6) is -1.02. The summed E-state index contributed by atoms with van der Waals surface area (Å²) in [6.07, 6.45) is 4.57. The smallest absolute Gasteiger partial charge is 0.349 e. The van der Waals surface area contributed by atoms with Crippen molar-refractivity contribution in [2.75, 3.05) is 0 Å². The van der Waals surface area contributed by atoms with Crippen LogP contribution in [0.2, 0.25) is 5.02 Å². The van der Waals surface area contributed by atoms with Crippen molar-refractivity contribution in [3.05, 3.63) is 86.8 Å². The summed E-state index contributed by atoms with van der Waals surface area (Å²) in [5, 5.41) is 25.8. The van der Waals surface area contributed by atoms with Gasteiger partial charge in [0, 0.05) is 36.5 Å². The molecular formula is C24H18ClN5O5S. The Balaban J connectivity index is 1.49. The fourth-order valence-corrected chi connectivity index (χ4v) is 5.16. The molecule has 0 saturated heterocycles. The second kappa shape index (κ2) is 9.10. The average molecular weight is 524 g/mol. The fraction of sp³-hybridized carbons (Fsp3) is 0.125. The number of nitrogens with zero attached hydrogens (tertiary/aromatic N) is 5. The third-order valence-corrected chi connectivity index (χ3v) is 7.16. The molecule has 1 atom stereocenters. The predicted molar refractivity (Wildman–Crippen MR) is 135 cm³/mol. The maximum Gasteiger partial charge on any atom is 0.349 e. The number of halogens is 1. The van der Waals surface area contributed by atoms with Gasteiger partial charge < -0.3 is 9.84 Å². The minimum Gasteiger partial charge on any atom is -0.484 e. The van der Waals surface area contributed by atoms with E-state index < -0.39 is 17.0 Å². The third-order valence-electron chi connectivity index (χ3n) is 5.65. The number of benzene rings is 2. The number of nitro groups is 1. The second-order valence-electron chi connectivity index (χ2n) is 8.00. The van der Waals surface area contributed by atoms with E-state index in [1.54, 1.807) is 40.8 Å². The Labute approximate surface area is 213 Å². The molecule has 5 rings (SSSR count).